The molecule has 0 aromatic heterocycles. The molecule has 0 atom stereocenters. The molecule has 0 amide bonds. The predicted molar refractivity (Wildman–Crippen MR) is 108 cm³/mol. The first kappa shape index (κ1) is 20.5. The number of halogens is 1. The van der Waals surface area contributed by atoms with Crippen LogP contribution in [0.4, 0.5) is 5.69 Å². The van der Waals surface area contributed by atoms with Crippen molar-refractivity contribution in [2.75, 3.05) is 11.3 Å². The Labute approximate surface area is 169 Å². The zero-order valence-electron chi connectivity index (χ0n) is 15.9. The number of fused-ring (bicyclic) bond motifs is 1. The van der Waals surface area contributed by atoms with Crippen LogP contribution in [0.3, 0.4) is 0 Å². The molecule has 3 rings (SSSR count). The minimum absolute atomic E-state index is 0.111. The lowest BCUT2D eigenvalue weighted by molar-refractivity contribution is 0.0526. The van der Waals surface area contributed by atoms with Gasteiger partial charge in [-0.15, -0.1) is 0 Å². The van der Waals surface area contributed by atoms with Crippen molar-refractivity contribution >= 4 is 33.3 Å². The summed E-state index contributed by atoms with van der Waals surface area (Å²) in [4.78, 5) is 11.9. The second-order valence-electron chi connectivity index (χ2n) is 7.15. The van der Waals surface area contributed by atoms with Crippen LogP contribution in [0.25, 0.3) is 0 Å². The highest BCUT2D eigenvalue weighted by Crippen LogP contribution is 2.34. The number of aryl methyl sites for hydroxylation is 1. The number of nitrogens with one attached hydrogen (secondary N) is 1. The van der Waals surface area contributed by atoms with Gasteiger partial charge in [-0.25, -0.2) is 13.2 Å². The fourth-order valence-corrected chi connectivity index (χ4v) is 4.33. The molecular formula is C20H22ClNO5S. The second-order valence-corrected chi connectivity index (χ2v) is 9.24. The van der Waals surface area contributed by atoms with Crippen LogP contribution in [0.2, 0.25) is 5.02 Å². The van der Waals surface area contributed by atoms with Gasteiger partial charge in [0.15, 0.2) is 0 Å². The second kappa shape index (κ2) is 7.64. The normalized spacial score (nSPS) is 15.3. The highest BCUT2D eigenvalue weighted by molar-refractivity contribution is 7.92. The van der Waals surface area contributed by atoms with E-state index >= 15 is 0 Å². The highest BCUT2D eigenvalue weighted by atomic mass is 35.5. The molecule has 6 nitrogen and oxygen atoms in total. The van der Waals surface area contributed by atoms with Crippen LogP contribution < -0.4 is 9.46 Å². The third kappa shape index (κ3) is 4.42. The van der Waals surface area contributed by atoms with Gasteiger partial charge in [0.2, 0.25) is 0 Å². The molecule has 1 aliphatic heterocycles. The van der Waals surface area contributed by atoms with E-state index < -0.39 is 16.0 Å². The van der Waals surface area contributed by atoms with Crippen molar-refractivity contribution in [3.63, 3.8) is 0 Å². The van der Waals surface area contributed by atoms with Gasteiger partial charge in [0.1, 0.15) is 11.4 Å². The van der Waals surface area contributed by atoms with Crippen LogP contribution in [-0.2, 0) is 21.2 Å². The van der Waals surface area contributed by atoms with Crippen LogP contribution in [0, 0.1) is 0 Å². The van der Waals surface area contributed by atoms with E-state index in [-0.39, 0.29) is 33.4 Å². The Bertz CT molecular complexity index is 1020. The molecule has 8 heteroatoms. The van der Waals surface area contributed by atoms with E-state index in [1.54, 1.807) is 19.1 Å². The Balaban J connectivity index is 1.83. The van der Waals surface area contributed by atoms with Gasteiger partial charge < -0.3 is 9.47 Å². The lowest BCUT2D eigenvalue weighted by atomic mass is 9.94. The summed E-state index contributed by atoms with van der Waals surface area (Å²) >= 11 is 6.10. The smallest absolute Gasteiger partial charge is 0.339 e. The number of carbonyl (C=O) groups is 1. The first-order valence-corrected chi connectivity index (χ1v) is 10.8. The van der Waals surface area contributed by atoms with Crippen LogP contribution in [-0.4, -0.2) is 26.6 Å². The third-order valence-corrected chi connectivity index (χ3v) is 6.13. The zero-order valence-corrected chi connectivity index (χ0v) is 17.5. The van der Waals surface area contributed by atoms with Crippen molar-refractivity contribution in [3.05, 3.63) is 52.5 Å². The molecule has 150 valence electrons. The first-order chi connectivity index (χ1) is 13.1. The summed E-state index contributed by atoms with van der Waals surface area (Å²) in [5.74, 6) is 0.150. The zero-order chi connectivity index (χ0) is 20.5. The number of benzene rings is 2. The summed E-state index contributed by atoms with van der Waals surface area (Å²) in [7, 11) is -3.82. The highest BCUT2D eigenvalue weighted by Gasteiger charge is 2.28. The molecule has 0 unspecified atom stereocenters. The number of hydrogen-bond acceptors (Lipinski definition) is 5. The maximum absolute atomic E-state index is 12.8. The average molecular weight is 424 g/mol. The standard InChI is InChI=1S/C20H22ClNO5S/c1-4-26-19(23)16-7-5-14(12-17(16)21)22-28(24,25)15-6-8-18-13(11-15)9-10-20(2,3)27-18/h5-8,11-12,22H,4,9-10H2,1-3H3. The summed E-state index contributed by atoms with van der Waals surface area (Å²) in [5.41, 5.74) is 1.04. The van der Waals surface area contributed by atoms with Gasteiger partial charge in [-0.3, -0.25) is 4.72 Å². The minimum atomic E-state index is -3.82. The van der Waals surface area contributed by atoms with E-state index in [4.69, 9.17) is 21.1 Å². The van der Waals surface area contributed by atoms with Gasteiger partial charge in [0, 0.05) is 0 Å². The Morgan fingerprint density at radius 2 is 2.00 bits per heavy atom. The summed E-state index contributed by atoms with van der Waals surface area (Å²) in [5, 5.41) is 0.111. The fraction of sp³-hybridized carbons (Fsp3) is 0.350. The lowest BCUT2D eigenvalue weighted by Gasteiger charge is -2.32. The molecule has 0 saturated heterocycles. The van der Waals surface area contributed by atoms with Crippen molar-refractivity contribution in [3.8, 4) is 5.75 Å². The van der Waals surface area contributed by atoms with E-state index in [1.165, 1.54) is 24.3 Å². The van der Waals surface area contributed by atoms with Gasteiger partial charge in [-0.1, -0.05) is 11.6 Å². The summed E-state index contributed by atoms with van der Waals surface area (Å²) in [6.07, 6.45) is 1.55. The van der Waals surface area contributed by atoms with Crippen LogP contribution in [0.5, 0.6) is 5.75 Å². The van der Waals surface area contributed by atoms with E-state index in [2.05, 4.69) is 4.72 Å². The van der Waals surface area contributed by atoms with Crippen molar-refractivity contribution in [1.29, 1.82) is 0 Å². The van der Waals surface area contributed by atoms with Gasteiger partial charge in [0.05, 0.1) is 27.8 Å². The van der Waals surface area contributed by atoms with Crippen LogP contribution >= 0.6 is 11.6 Å². The van der Waals surface area contributed by atoms with Crippen LogP contribution in [0.1, 0.15) is 43.1 Å². The maximum atomic E-state index is 12.8. The molecule has 2 aromatic rings. The Morgan fingerprint density at radius 3 is 2.68 bits per heavy atom. The quantitative estimate of drug-likeness (QED) is 0.720. The van der Waals surface area contributed by atoms with E-state index in [1.807, 2.05) is 13.8 Å². The number of rotatable bonds is 5. The molecule has 1 aliphatic rings. The van der Waals surface area contributed by atoms with Crippen molar-refractivity contribution < 1.29 is 22.7 Å². The Morgan fingerprint density at radius 1 is 1.25 bits per heavy atom. The maximum Gasteiger partial charge on any atom is 0.339 e. The largest absolute Gasteiger partial charge is 0.488 e. The van der Waals surface area contributed by atoms with Gasteiger partial charge in [0.25, 0.3) is 10.0 Å². The predicted octanol–water partition coefficient (Wildman–Crippen LogP) is 4.42. The average Bonchev–Trinajstić information content (AvgIpc) is 2.60. The molecule has 0 radical (unpaired) electrons. The summed E-state index contributed by atoms with van der Waals surface area (Å²) < 4.78 is 38.8. The van der Waals surface area contributed by atoms with Crippen LogP contribution in [0.15, 0.2) is 41.3 Å². The molecule has 28 heavy (non-hydrogen) atoms. The van der Waals surface area contributed by atoms with Crippen molar-refractivity contribution in [2.24, 2.45) is 0 Å². The van der Waals surface area contributed by atoms with Gasteiger partial charge in [-0.05, 0) is 75.6 Å². The summed E-state index contributed by atoms with van der Waals surface area (Å²) in [6.45, 7) is 5.93. The molecule has 1 heterocycles. The number of sulfonamides is 1. The Kier molecular flexibility index (Phi) is 5.59. The van der Waals surface area contributed by atoms with E-state index in [0.717, 1.165) is 18.4 Å². The first-order valence-electron chi connectivity index (χ1n) is 8.93. The third-order valence-electron chi connectivity index (χ3n) is 4.44. The topological polar surface area (TPSA) is 81.7 Å². The Hall–Kier alpha value is -2.25. The van der Waals surface area contributed by atoms with Gasteiger partial charge in [-0.2, -0.15) is 0 Å². The number of hydrogen-bond donors (Lipinski definition) is 1. The molecular weight excluding hydrogens is 402 g/mol. The molecule has 2 aromatic carbocycles. The number of ether oxygens (including phenoxy) is 2. The number of anilines is 1. The molecule has 0 aliphatic carbocycles. The fourth-order valence-electron chi connectivity index (χ4n) is 2.97. The molecule has 0 fully saturated rings. The molecule has 1 N–H and O–H groups in total. The van der Waals surface area contributed by atoms with Crippen molar-refractivity contribution in [2.45, 2.75) is 44.1 Å². The molecule has 0 saturated carbocycles. The SMILES string of the molecule is CCOC(=O)c1ccc(NS(=O)(=O)c2ccc3c(c2)CCC(C)(C)O3)cc1Cl. The lowest BCUT2D eigenvalue weighted by Crippen LogP contribution is -2.32. The van der Waals surface area contributed by atoms with Crippen molar-refractivity contribution in [1.82, 2.24) is 0 Å². The van der Waals surface area contributed by atoms with E-state index in [9.17, 15) is 13.2 Å². The molecule has 0 bridgehead atoms. The summed E-state index contributed by atoms with van der Waals surface area (Å²) in [6, 6.07) is 9.11. The van der Waals surface area contributed by atoms with E-state index in [0.29, 0.717) is 5.75 Å². The number of carbonyl (C=O) groups excluding carboxylic acids is 1. The minimum Gasteiger partial charge on any atom is -0.488 e. The number of esters is 1. The monoisotopic (exact) mass is 423 g/mol. The van der Waals surface area contributed by atoms with Gasteiger partial charge >= 0.3 is 5.97 Å². The molecule has 0 spiro atoms.